The molecule has 1 aromatic heterocycles. The lowest BCUT2D eigenvalue weighted by atomic mass is 9.94. The number of hydrogen-bond acceptors (Lipinski definition) is 4. The molecule has 0 aliphatic heterocycles. The molecule has 2 aromatic rings. The number of aliphatic carboxylic acids is 1. The van der Waals surface area contributed by atoms with Crippen LogP contribution in [0.25, 0.3) is 11.4 Å². The molecule has 1 atom stereocenters. The Balaban J connectivity index is 2.00. The summed E-state index contributed by atoms with van der Waals surface area (Å²) in [6.45, 7) is 3.76. The minimum Gasteiger partial charge on any atom is -0.481 e. The number of carboxylic acid groups (broad SMARTS) is 1. The molecule has 1 heterocycles. The first-order valence-corrected chi connectivity index (χ1v) is 6.70. The number of carbonyl (C=O) groups is 1. The zero-order chi connectivity index (χ0) is 14.3. The Morgan fingerprint density at radius 1 is 1.45 bits per heavy atom. The highest BCUT2D eigenvalue weighted by Gasteiger charge is 2.26. The molecule has 5 nitrogen and oxygen atoms in total. The Morgan fingerprint density at radius 3 is 2.90 bits per heavy atom. The van der Waals surface area contributed by atoms with Crippen molar-refractivity contribution in [2.24, 2.45) is 0 Å². The van der Waals surface area contributed by atoms with Gasteiger partial charge in [0.25, 0.3) is 0 Å². The maximum absolute atomic E-state index is 10.9. The molecule has 3 rings (SSSR count). The summed E-state index contributed by atoms with van der Waals surface area (Å²) in [6, 6.07) is 4.16. The Hall–Kier alpha value is -2.17. The molecule has 0 fully saturated rings. The maximum atomic E-state index is 10.9. The number of aryl methyl sites for hydroxylation is 3. The summed E-state index contributed by atoms with van der Waals surface area (Å²) in [4.78, 5) is 15.2. The van der Waals surface area contributed by atoms with E-state index in [-0.39, 0.29) is 12.3 Å². The van der Waals surface area contributed by atoms with Gasteiger partial charge in [-0.2, -0.15) is 4.98 Å². The van der Waals surface area contributed by atoms with Crippen LogP contribution in [0.3, 0.4) is 0 Å². The van der Waals surface area contributed by atoms with Gasteiger partial charge in [-0.05, 0) is 48.4 Å². The fourth-order valence-electron chi connectivity index (χ4n) is 2.93. The normalized spacial score (nSPS) is 17.2. The minimum atomic E-state index is -0.738. The number of hydrogen-bond donors (Lipinski definition) is 1. The highest BCUT2D eigenvalue weighted by atomic mass is 16.5. The summed E-state index contributed by atoms with van der Waals surface area (Å²) in [6.07, 6.45) is 2.01. The van der Waals surface area contributed by atoms with Crippen molar-refractivity contribution in [2.45, 2.75) is 39.0 Å². The highest BCUT2D eigenvalue weighted by molar-refractivity contribution is 5.69. The van der Waals surface area contributed by atoms with Gasteiger partial charge in [0.15, 0.2) is 0 Å². The van der Waals surface area contributed by atoms with Gasteiger partial charge in [-0.25, -0.2) is 0 Å². The van der Waals surface area contributed by atoms with Gasteiger partial charge in [-0.3, -0.25) is 4.79 Å². The summed E-state index contributed by atoms with van der Waals surface area (Å²) < 4.78 is 5.03. The third kappa shape index (κ3) is 2.19. The van der Waals surface area contributed by atoms with E-state index in [9.17, 15) is 4.79 Å². The monoisotopic (exact) mass is 272 g/mol. The molecule has 1 unspecified atom stereocenters. The van der Waals surface area contributed by atoms with Gasteiger partial charge >= 0.3 is 5.97 Å². The molecular formula is C15H16N2O3. The van der Waals surface area contributed by atoms with Gasteiger partial charge in [-0.1, -0.05) is 11.2 Å². The third-order valence-electron chi connectivity index (χ3n) is 3.88. The van der Waals surface area contributed by atoms with Crippen LogP contribution in [0.2, 0.25) is 0 Å². The molecular weight excluding hydrogens is 256 g/mol. The lowest BCUT2D eigenvalue weighted by molar-refractivity contribution is -0.137. The Bertz CT molecular complexity index is 676. The molecule has 1 aromatic carbocycles. The topological polar surface area (TPSA) is 76.2 Å². The van der Waals surface area contributed by atoms with Crippen molar-refractivity contribution in [2.75, 3.05) is 0 Å². The van der Waals surface area contributed by atoms with Gasteiger partial charge < -0.3 is 9.63 Å². The second-order valence-corrected chi connectivity index (χ2v) is 5.34. The molecule has 1 aliphatic carbocycles. The molecule has 0 radical (unpaired) electrons. The van der Waals surface area contributed by atoms with E-state index in [1.54, 1.807) is 6.92 Å². The molecule has 1 N–H and O–H groups in total. The summed E-state index contributed by atoms with van der Waals surface area (Å²) >= 11 is 0. The van der Waals surface area contributed by atoms with Crippen molar-refractivity contribution in [3.8, 4) is 11.4 Å². The first-order valence-electron chi connectivity index (χ1n) is 6.70. The molecule has 0 saturated heterocycles. The fraction of sp³-hybridized carbons (Fsp3) is 0.400. The number of nitrogens with zero attached hydrogens (tertiary/aromatic N) is 2. The van der Waals surface area contributed by atoms with Crippen molar-refractivity contribution < 1.29 is 14.4 Å². The molecule has 1 aliphatic rings. The number of benzene rings is 1. The second-order valence-electron chi connectivity index (χ2n) is 5.34. The van der Waals surface area contributed by atoms with Gasteiger partial charge in [0.1, 0.15) is 0 Å². The van der Waals surface area contributed by atoms with Crippen LogP contribution in [0.15, 0.2) is 16.7 Å². The van der Waals surface area contributed by atoms with E-state index in [0.717, 1.165) is 29.5 Å². The first kappa shape index (κ1) is 12.8. The van der Waals surface area contributed by atoms with Crippen molar-refractivity contribution in [1.82, 2.24) is 10.1 Å². The number of aromatic nitrogens is 2. The standard InChI is InChI=1S/C15H16N2O3/c1-8-5-13-10(3-4-11(13)7-14(18)19)6-12(8)15-16-9(2)20-17-15/h5-6,11H,3-4,7H2,1-2H3,(H,18,19). The van der Waals surface area contributed by atoms with Gasteiger partial charge in [-0.15, -0.1) is 0 Å². The van der Waals surface area contributed by atoms with Crippen LogP contribution < -0.4 is 0 Å². The van der Waals surface area contributed by atoms with Crippen molar-refractivity contribution >= 4 is 5.97 Å². The Labute approximate surface area is 116 Å². The van der Waals surface area contributed by atoms with E-state index in [1.165, 1.54) is 5.56 Å². The van der Waals surface area contributed by atoms with Crippen molar-refractivity contribution in [3.05, 3.63) is 34.7 Å². The Kier molecular flexibility index (Phi) is 3.04. The largest absolute Gasteiger partial charge is 0.481 e. The van der Waals surface area contributed by atoms with Crippen molar-refractivity contribution in [3.63, 3.8) is 0 Å². The SMILES string of the molecule is Cc1nc(-c2cc3c(cc2C)C(CC(=O)O)CC3)no1. The van der Waals surface area contributed by atoms with E-state index >= 15 is 0 Å². The lowest BCUT2D eigenvalue weighted by Crippen LogP contribution is -2.03. The zero-order valence-corrected chi connectivity index (χ0v) is 11.5. The average molecular weight is 272 g/mol. The summed E-state index contributed by atoms with van der Waals surface area (Å²) in [5.74, 6) is 0.536. The van der Waals surface area contributed by atoms with E-state index < -0.39 is 5.97 Å². The molecule has 0 amide bonds. The quantitative estimate of drug-likeness (QED) is 0.929. The lowest BCUT2D eigenvalue weighted by Gasteiger charge is -2.11. The predicted octanol–water partition coefficient (Wildman–Crippen LogP) is 2.86. The number of rotatable bonds is 3. The van der Waals surface area contributed by atoms with Crippen LogP contribution in [0.4, 0.5) is 0 Å². The van der Waals surface area contributed by atoms with E-state index in [2.05, 4.69) is 22.3 Å². The first-order chi connectivity index (χ1) is 9.54. The number of fused-ring (bicyclic) bond motifs is 1. The van der Waals surface area contributed by atoms with E-state index in [1.807, 2.05) is 6.92 Å². The molecule has 0 bridgehead atoms. The highest BCUT2D eigenvalue weighted by Crippen LogP contribution is 2.38. The molecule has 0 saturated carbocycles. The van der Waals surface area contributed by atoms with Crippen LogP contribution >= 0.6 is 0 Å². The fourth-order valence-corrected chi connectivity index (χ4v) is 2.93. The third-order valence-corrected chi connectivity index (χ3v) is 3.88. The second kappa shape index (κ2) is 4.74. The smallest absolute Gasteiger partial charge is 0.303 e. The predicted molar refractivity (Wildman–Crippen MR) is 72.5 cm³/mol. The van der Waals surface area contributed by atoms with Crippen LogP contribution in [0.1, 0.15) is 41.3 Å². The minimum absolute atomic E-state index is 0.127. The van der Waals surface area contributed by atoms with Crippen LogP contribution in [-0.4, -0.2) is 21.2 Å². The van der Waals surface area contributed by atoms with Crippen molar-refractivity contribution in [1.29, 1.82) is 0 Å². The van der Waals surface area contributed by atoms with Gasteiger partial charge in [0.2, 0.25) is 11.7 Å². The van der Waals surface area contributed by atoms with Crippen LogP contribution in [0, 0.1) is 13.8 Å². The molecule has 0 spiro atoms. The summed E-state index contributed by atoms with van der Waals surface area (Å²) in [5, 5.41) is 12.9. The van der Waals surface area contributed by atoms with Gasteiger partial charge in [0, 0.05) is 12.5 Å². The van der Waals surface area contributed by atoms with Gasteiger partial charge in [0.05, 0.1) is 6.42 Å². The zero-order valence-electron chi connectivity index (χ0n) is 11.5. The molecule has 20 heavy (non-hydrogen) atoms. The van der Waals surface area contributed by atoms with E-state index in [0.29, 0.717) is 11.7 Å². The molecule has 5 heteroatoms. The van der Waals surface area contributed by atoms with E-state index in [4.69, 9.17) is 9.63 Å². The average Bonchev–Trinajstić information content (AvgIpc) is 2.95. The van der Waals surface area contributed by atoms with Crippen LogP contribution in [0.5, 0.6) is 0 Å². The molecule has 104 valence electrons. The summed E-state index contributed by atoms with van der Waals surface area (Å²) in [7, 11) is 0. The Morgan fingerprint density at radius 2 is 2.25 bits per heavy atom. The summed E-state index contributed by atoms with van der Waals surface area (Å²) in [5.41, 5.74) is 4.39. The van der Waals surface area contributed by atoms with Crippen LogP contribution in [-0.2, 0) is 11.2 Å². The maximum Gasteiger partial charge on any atom is 0.303 e. The number of carboxylic acids is 1.